The first-order valence-electron chi connectivity index (χ1n) is 22.6. The minimum Gasteiger partial charge on any atom is -0.497 e. The smallest absolute Gasteiger partial charge is 0.338 e. The lowest BCUT2D eigenvalue weighted by Crippen LogP contribution is -2.64. The molecular formula is C47H68O15. The number of methoxy groups -OCH3 is 1. The standard InChI is InChI=1S/C47H68O15/c1-22(2)17-30-23(3)35-33(59-43(30)55)19-32-29-12-9-26-18-28(13-15-46(26,5)31(29)14-16-47(32,35)21-49)58-45-41(37(51)36(50)34(20-48)60-45)62-44-39(53)38(52)40(24(4)57-44)61-42(54)25-7-10-27(56-6)11-8-25/h7-11,17,23-24,28-41,43-45,48-53,55H,12-16,18-21H2,1-6H3. The lowest BCUT2D eigenvalue weighted by atomic mass is 9.46. The Morgan fingerprint density at radius 1 is 0.871 bits per heavy atom. The molecule has 3 aliphatic heterocycles. The van der Waals surface area contributed by atoms with Crippen molar-refractivity contribution in [1.29, 1.82) is 0 Å². The van der Waals surface area contributed by atoms with Gasteiger partial charge in [-0.3, -0.25) is 0 Å². The van der Waals surface area contributed by atoms with Crippen LogP contribution >= 0.6 is 0 Å². The Balaban J connectivity index is 0.951. The van der Waals surface area contributed by atoms with Crippen molar-refractivity contribution in [1.82, 2.24) is 0 Å². The lowest BCUT2D eigenvalue weighted by molar-refractivity contribution is -0.369. The van der Waals surface area contributed by atoms with Gasteiger partial charge in [-0.25, -0.2) is 4.79 Å². The molecule has 62 heavy (non-hydrogen) atoms. The number of hydrogen-bond donors (Lipinski definition) is 7. The van der Waals surface area contributed by atoms with Crippen molar-refractivity contribution < 1.29 is 73.7 Å². The summed E-state index contributed by atoms with van der Waals surface area (Å²) in [7, 11) is 1.50. The molecule has 3 heterocycles. The molecule has 4 aliphatic carbocycles. The van der Waals surface area contributed by atoms with E-state index in [9.17, 15) is 40.5 Å². The average molecular weight is 873 g/mol. The molecule has 7 N–H and O–H groups in total. The number of carbonyl (C=O) groups excluding carboxylic acids is 1. The molecule has 21 atom stereocenters. The molecule has 1 aromatic carbocycles. The van der Waals surface area contributed by atoms with E-state index >= 15 is 0 Å². The minimum absolute atomic E-state index is 0.0991. The van der Waals surface area contributed by atoms with Gasteiger partial charge in [0.1, 0.15) is 42.4 Å². The molecule has 3 saturated heterocycles. The van der Waals surface area contributed by atoms with Gasteiger partial charge in [-0.1, -0.05) is 37.1 Å². The van der Waals surface area contributed by atoms with Crippen LogP contribution in [0.3, 0.4) is 0 Å². The van der Waals surface area contributed by atoms with Crippen molar-refractivity contribution >= 4 is 5.97 Å². The zero-order valence-electron chi connectivity index (χ0n) is 36.7. The van der Waals surface area contributed by atoms with Crippen LogP contribution in [0, 0.1) is 46.3 Å². The first-order valence-corrected chi connectivity index (χ1v) is 22.6. The highest BCUT2D eigenvalue weighted by molar-refractivity contribution is 5.89. The van der Waals surface area contributed by atoms with Gasteiger partial charge in [0, 0.05) is 17.9 Å². The van der Waals surface area contributed by atoms with Gasteiger partial charge in [-0.15, -0.1) is 0 Å². The van der Waals surface area contributed by atoms with Crippen LogP contribution in [0.5, 0.6) is 5.75 Å². The number of benzene rings is 1. The summed E-state index contributed by atoms with van der Waals surface area (Å²) < 4.78 is 41.8. The normalized spacial score (nSPS) is 47.5. The van der Waals surface area contributed by atoms with E-state index in [1.54, 1.807) is 19.1 Å². The van der Waals surface area contributed by atoms with Crippen LogP contribution in [0.4, 0.5) is 0 Å². The fourth-order valence-electron chi connectivity index (χ4n) is 13.1. The maximum Gasteiger partial charge on any atom is 0.338 e. The largest absolute Gasteiger partial charge is 0.497 e. The summed E-state index contributed by atoms with van der Waals surface area (Å²) in [4.78, 5) is 12.9. The van der Waals surface area contributed by atoms with Gasteiger partial charge < -0.3 is 68.9 Å². The van der Waals surface area contributed by atoms with E-state index in [0.29, 0.717) is 30.4 Å². The van der Waals surface area contributed by atoms with Gasteiger partial charge >= 0.3 is 5.97 Å². The summed E-state index contributed by atoms with van der Waals surface area (Å²) in [6, 6.07) is 6.21. The van der Waals surface area contributed by atoms with Gasteiger partial charge in [-0.2, -0.15) is 0 Å². The lowest BCUT2D eigenvalue weighted by Gasteiger charge is -2.59. The third-order valence-electron chi connectivity index (χ3n) is 16.3. The fourth-order valence-corrected chi connectivity index (χ4v) is 13.1. The van der Waals surface area contributed by atoms with E-state index in [-0.39, 0.29) is 58.9 Å². The Morgan fingerprint density at radius 3 is 2.27 bits per heavy atom. The van der Waals surface area contributed by atoms with Crippen molar-refractivity contribution in [3.8, 4) is 5.75 Å². The Bertz CT molecular complexity index is 1800. The number of allylic oxidation sites excluding steroid dienone is 2. The van der Waals surface area contributed by atoms with Crippen molar-refractivity contribution in [3.05, 3.63) is 53.1 Å². The Morgan fingerprint density at radius 2 is 1.60 bits per heavy atom. The Labute approximate surface area is 363 Å². The Hall–Kier alpha value is -2.51. The van der Waals surface area contributed by atoms with E-state index in [0.717, 1.165) is 37.7 Å². The summed E-state index contributed by atoms with van der Waals surface area (Å²) in [5.41, 5.74) is 2.25. The fraction of sp³-hybridized carbons (Fsp3) is 0.766. The molecule has 15 nitrogen and oxygen atoms in total. The number of rotatable bonds is 10. The summed E-state index contributed by atoms with van der Waals surface area (Å²) in [5, 5.41) is 77.1. The van der Waals surface area contributed by atoms with Gasteiger partial charge in [0.15, 0.2) is 25.0 Å². The summed E-state index contributed by atoms with van der Waals surface area (Å²) in [6.07, 6.45) is -5.44. The molecule has 0 amide bonds. The third kappa shape index (κ3) is 7.99. The first-order chi connectivity index (χ1) is 29.5. The van der Waals surface area contributed by atoms with Gasteiger partial charge in [0.25, 0.3) is 0 Å². The number of aliphatic hydroxyl groups is 7. The molecule has 0 bridgehead atoms. The van der Waals surface area contributed by atoms with E-state index in [1.165, 1.54) is 24.8 Å². The molecule has 21 unspecified atom stereocenters. The molecule has 6 fully saturated rings. The maximum absolute atomic E-state index is 12.9. The molecular weight excluding hydrogens is 805 g/mol. The SMILES string of the molecule is COc1ccc(C(=O)OC2C(C)OC(OC3C(OC4CCC5(C)C(=CCC6C5CCC5(CO)C6CC6OC(O)C(C=C(C)C)C(C)C65)C4)OC(CO)C(O)C3O)C(O)C2O)cc1. The highest BCUT2D eigenvalue weighted by Crippen LogP contribution is 2.69. The second-order valence-electron chi connectivity index (χ2n) is 19.8. The molecule has 15 heteroatoms. The molecule has 7 aliphatic rings. The monoisotopic (exact) mass is 872 g/mol. The van der Waals surface area contributed by atoms with Crippen molar-refractivity contribution in [2.45, 2.75) is 159 Å². The van der Waals surface area contributed by atoms with E-state index in [4.69, 9.17) is 33.2 Å². The molecule has 1 aromatic rings. The maximum atomic E-state index is 12.9. The van der Waals surface area contributed by atoms with Gasteiger partial charge in [0.05, 0.1) is 37.6 Å². The van der Waals surface area contributed by atoms with Crippen molar-refractivity contribution in [2.75, 3.05) is 20.3 Å². The number of hydrogen-bond acceptors (Lipinski definition) is 15. The molecule has 3 saturated carbocycles. The molecule has 8 rings (SSSR count). The minimum atomic E-state index is -1.74. The van der Waals surface area contributed by atoms with Crippen LogP contribution in [-0.2, 0) is 28.4 Å². The van der Waals surface area contributed by atoms with Crippen LogP contribution in [0.1, 0.15) is 89.9 Å². The zero-order valence-corrected chi connectivity index (χ0v) is 36.7. The highest BCUT2D eigenvalue weighted by atomic mass is 16.8. The topological polar surface area (TPSA) is 223 Å². The van der Waals surface area contributed by atoms with E-state index < -0.39 is 80.3 Å². The number of carbonyl (C=O) groups is 1. The van der Waals surface area contributed by atoms with Crippen LogP contribution in [0.15, 0.2) is 47.6 Å². The highest BCUT2D eigenvalue weighted by Gasteiger charge is 2.66. The molecule has 0 spiro atoms. The molecule has 346 valence electrons. The average Bonchev–Trinajstić information content (AvgIpc) is 3.59. The Kier molecular flexibility index (Phi) is 13.4. The first kappa shape index (κ1) is 46.0. The predicted molar refractivity (Wildman–Crippen MR) is 221 cm³/mol. The third-order valence-corrected chi connectivity index (χ3v) is 16.3. The predicted octanol–water partition coefficient (Wildman–Crippen LogP) is 2.99. The van der Waals surface area contributed by atoms with Crippen LogP contribution in [-0.4, -0.2) is 142 Å². The van der Waals surface area contributed by atoms with Gasteiger partial charge in [-0.05, 0) is 125 Å². The second kappa shape index (κ2) is 18.0. The number of aliphatic hydroxyl groups excluding tert-OH is 7. The van der Waals surface area contributed by atoms with E-state index in [1.807, 2.05) is 13.8 Å². The number of esters is 1. The zero-order chi connectivity index (χ0) is 44.4. The summed E-state index contributed by atoms with van der Waals surface area (Å²) >= 11 is 0. The second-order valence-corrected chi connectivity index (χ2v) is 19.8. The molecule has 0 aromatic heterocycles. The summed E-state index contributed by atoms with van der Waals surface area (Å²) in [5.74, 6) is 1.00. The van der Waals surface area contributed by atoms with E-state index in [2.05, 4.69) is 26.0 Å². The van der Waals surface area contributed by atoms with Crippen molar-refractivity contribution in [2.24, 2.45) is 46.3 Å². The van der Waals surface area contributed by atoms with Gasteiger partial charge in [0.2, 0.25) is 0 Å². The van der Waals surface area contributed by atoms with Crippen LogP contribution in [0.2, 0.25) is 0 Å². The quantitative estimate of drug-likeness (QED) is 0.133. The molecule has 0 radical (unpaired) electrons. The van der Waals surface area contributed by atoms with Crippen LogP contribution < -0.4 is 4.74 Å². The van der Waals surface area contributed by atoms with Crippen LogP contribution in [0.25, 0.3) is 0 Å². The number of ether oxygens (including phenoxy) is 7. The summed E-state index contributed by atoms with van der Waals surface area (Å²) in [6.45, 7) is 9.73. The van der Waals surface area contributed by atoms with Crippen molar-refractivity contribution in [3.63, 3.8) is 0 Å². The number of fused-ring (bicyclic) bond motifs is 7.